The van der Waals surface area contributed by atoms with E-state index in [0.717, 1.165) is 38.5 Å². The number of hydrogen-bond donors (Lipinski definition) is 0. The van der Waals surface area contributed by atoms with E-state index in [0.29, 0.717) is 22.5 Å². The first kappa shape index (κ1) is 26.9. The Morgan fingerprint density at radius 3 is 1.89 bits per heavy atom. The summed E-state index contributed by atoms with van der Waals surface area (Å²) in [6.45, 7) is 6.46. The fourth-order valence-corrected chi connectivity index (χ4v) is 7.15. The molecule has 0 bridgehead atoms. The van der Waals surface area contributed by atoms with Crippen molar-refractivity contribution in [2.45, 2.75) is 20.8 Å². The number of carbonyl (C=O) groups excluding carboxylic acids is 2. The van der Waals surface area contributed by atoms with Crippen LogP contribution < -0.4 is 4.90 Å². The molecular weight excluding hydrogens is 552 g/mol. The fraction of sp³-hybridized carbons (Fsp3) is 0.0732. The molecule has 4 heteroatoms. The molecule has 0 saturated heterocycles. The summed E-state index contributed by atoms with van der Waals surface area (Å²) in [7, 11) is 0. The quantitative estimate of drug-likeness (QED) is 0.194. The molecule has 0 aliphatic carbocycles. The van der Waals surface area contributed by atoms with E-state index in [1.54, 1.807) is 6.07 Å². The van der Waals surface area contributed by atoms with E-state index in [1.807, 2.05) is 78.9 Å². The van der Waals surface area contributed by atoms with E-state index >= 15 is 0 Å². The highest BCUT2D eigenvalue weighted by atomic mass is 16.2. The number of rotatable bonds is 4. The van der Waals surface area contributed by atoms with Gasteiger partial charge in [0.2, 0.25) is 0 Å². The van der Waals surface area contributed by atoms with Crippen LogP contribution in [0.1, 0.15) is 37.4 Å². The van der Waals surface area contributed by atoms with Crippen LogP contribution >= 0.6 is 0 Å². The molecule has 1 aliphatic rings. The molecule has 0 N–H and O–H groups in total. The van der Waals surface area contributed by atoms with Gasteiger partial charge in [-0.15, -0.1) is 0 Å². The number of aryl methyl sites for hydroxylation is 3. The van der Waals surface area contributed by atoms with Crippen molar-refractivity contribution in [1.82, 2.24) is 4.57 Å². The average Bonchev–Trinajstić information content (AvgIpc) is 3.51. The molecule has 0 fully saturated rings. The summed E-state index contributed by atoms with van der Waals surface area (Å²) in [5, 5.41) is 2.20. The van der Waals surface area contributed by atoms with Crippen LogP contribution in [-0.2, 0) is 0 Å². The lowest BCUT2D eigenvalue weighted by atomic mass is 9.93. The molecule has 0 saturated carbocycles. The standard InChI is InChI=1S/C41H30N2O2/c1-25-22-26(2)38(27(3)23-25)30-18-21-36-34(24-30)32-12-7-8-14-35(32)43(36)37-15-9-13-33-39(37)41(45)42(40(33)44)31-19-16-29(17-20-31)28-10-5-4-6-11-28/h4-24H,1-3H3. The maximum atomic E-state index is 14.2. The zero-order valence-electron chi connectivity index (χ0n) is 25.3. The lowest BCUT2D eigenvalue weighted by Crippen LogP contribution is -2.29. The van der Waals surface area contributed by atoms with Gasteiger partial charge in [0.05, 0.1) is 33.5 Å². The Morgan fingerprint density at radius 2 is 1.13 bits per heavy atom. The van der Waals surface area contributed by atoms with Crippen molar-refractivity contribution in [2.24, 2.45) is 0 Å². The van der Waals surface area contributed by atoms with Crippen LogP contribution in [0.3, 0.4) is 0 Å². The Labute approximate surface area is 261 Å². The number of para-hydroxylation sites is 1. The van der Waals surface area contributed by atoms with Crippen LogP contribution in [-0.4, -0.2) is 16.4 Å². The molecule has 2 heterocycles. The monoisotopic (exact) mass is 582 g/mol. The molecule has 1 aliphatic heterocycles. The smallest absolute Gasteiger partial charge is 0.268 e. The predicted octanol–water partition coefficient (Wildman–Crippen LogP) is 9.84. The van der Waals surface area contributed by atoms with Gasteiger partial charge in [-0.25, -0.2) is 4.90 Å². The number of benzene rings is 6. The van der Waals surface area contributed by atoms with Crippen LogP contribution in [0.15, 0.2) is 127 Å². The molecule has 1 aromatic heterocycles. The zero-order valence-corrected chi connectivity index (χ0v) is 25.3. The Bertz CT molecular complexity index is 2310. The molecule has 4 nitrogen and oxygen atoms in total. The van der Waals surface area contributed by atoms with Crippen molar-refractivity contribution >= 4 is 39.3 Å². The van der Waals surface area contributed by atoms with Gasteiger partial charge in [0.15, 0.2) is 0 Å². The number of aromatic nitrogens is 1. The van der Waals surface area contributed by atoms with E-state index in [-0.39, 0.29) is 11.8 Å². The highest BCUT2D eigenvalue weighted by Gasteiger charge is 2.39. The van der Waals surface area contributed by atoms with Crippen molar-refractivity contribution in [1.29, 1.82) is 0 Å². The van der Waals surface area contributed by atoms with Gasteiger partial charge in [-0.3, -0.25) is 9.59 Å². The first-order valence-corrected chi connectivity index (χ1v) is 15.2. The minimum absolute atomic E-state index is 0.308. The maximum absolute atomic E-state index is 14.2. The minimum atomic E-state index is -0.313. The number of anilines is 1. The highest BCUT2D eigenvalue weighted by Crippen LogP contribution is 2.40. The Kier molecular flexibility index (Phi) is 6.07. The lowest BCUT2D eigenvalue weighted by molar-refractivity contribution is 0.0926. The molecule has 45 heavy (non-hydrogen) atoms. The van der Waals surface area contributed by atoms with Crippen LogP contribution in [0.2, 0.25) is 0 Å². The van der Waals surface area contributed by atoms with E-state index in [2.05, 4.69) is 67.8 Å². The van der Waals surface area contributed by atoms with Crippen molar-refractivity contribution in [3.8, 4) is 27.9 Å². The normalized spacial score (nSPS) is 12.8. The van der Waals surface area contributed by atoms with Gasteiger partial charge in [0.25, 0.3) is 11.8 Å². The number of carbonyl (C=O) groups is 2. The molecule has 2 amide bonds. The molecule has 0 atom stereocenters. The molecule has 216 valence electrons. The number of amides is 2. The second kappa shape index (κ2) is 10.2. The van der Waals surface area contributed by atoms with Crippen molar-refractivity contribution in [2.75, 3.05) is 4.90 Å². The number of fused-ring (bicyclic) bond motifs is 4. The molecule has 8 rings (SSSR count). The SMILES string of the molecule is Cc1cc(C)c(-c2ccc3c(c2)c2ccccc2n3-c2cccc3c2C(=O)N(c2ccc(-c4ccccc4)cc2)C3=O)c(C)c1. The van der Waals surface area contributed by atoms with Gasteiger partial charge < -0.3 is 4.57 Å². The van der Waals surface area contributed by atoms with Crippen molar-refractivity contribution in [3.63, 3.8) is 0 Å². The van der Waals surface area contributed by atoms with Crippen LogP contribution in [0.4, 0.5) is 5.69 Å². The van der Waals surface area contributed by atoms with Crippen molar-refractivity contribution < 1.29 is 9.59 Å². The van der Waals surface area contributed by atoms with Gasteiger partial charge in [-0.1, -0.05) is 90.5 Å². The van der Waals surface area contributed by atoms with Crippen LogP contribution in [0.25, 0.3) is 49.7 Å². The van der Waals surface area contributed by atoms with Gasteiger partial charge >= 0.3 is 0 Å². The predicted molar refractivity (Wildman–Crippen MR) is 183 cm³/mol. The topological polar surface area (TPSA) is 42.3 Å². The summed E-state index contributed by atoms with van der Waals surface area (Å²) < 4.78 is 2.13. The van der Waals surface area contributed by atoms with Crippen LogP contribution in [0.5, 0.6) is 0 Å². The van der Waals surface area contributed by atoms with Gasteiger partial charge in [-0.2, -0.15) is 0 Å². The summed E-state index contributed by atoms with van der Waals surface area (Å²) in [4.78, 5) is 29.3. The fourth-order valence-electron chi connectivity index (χ4n) is 7.15. The van der Waals surface area contributed by atoms with E-state index in [1.165, 1.54) is 27.2 Å². The minimum Gasteiger partial charge on any atom is -0.308 e. The number of imide groups is 1. The molecule has 0 radical (unpaired) electrons. The maximum Gasteiger partial charge on any atom is 0.268 e. The third-order valence-electron chi connectivity index (χ3n) is 9.00. The largest absolute Gasteiger partial charge is 0.308 e. The molecule has 0 spiro atoms. The second-order valence-corrected chi connectivity index (χ2v) is 11.9. The van der Waals surface area contributed by atoms with Gasteiger partial charge in [-0.05, 0) is 96.6 Å². The molecular formula is C41H30N2O2. The first-order valence-electron chi connectivity index (χ1n) is 15.2. The molecule has 6 aromatic carbocycles. The Hall–Kier alpha value is -5.74. The summed E-state index contributed by atoms with van der Waals surface area (Å²) in [5.41, 5.74) is 12.3. The summed E-state index contributed by atoms with van der Waals surface area (Å²) in [5.74, 6) is -0.621. The van der Waals surface area contributed by atoms with E-state index in [4.69, 9.17) is 0 Å². The van der Waals surface area contributed by atoms with E-state index < -0.39 is 0 Å². The van der Waals surface area contributed by atoms with E-state index in [9.17, 15) is 9.59 Å². The number of nitrogens with zero attached hydrogens (tertiary/aromatic N) is 2. The Morgan fingerprint density at radius 1 is 0.489 bits per heavy atom. The second-order valence-electron chi connectivity index (χ2n) is 11.9. The molecule has 7 aromatic rings. The zero-order chi connectivity index (χ0) is 30.8. The van der Waals surface area contributed by atoms with Crippen molar-refractivity contribution in [3.05, 3.63) is 155 Å². The lowest BCUT2D eigenvalue weighted by Gasteiger charge is -2.15. The first-order chi connectivity index (χ1) is 21.9. The average molecular weight is 583 g/mol. The van der Waals surface area contributed by atoms with Crippen LogP contribution in [0, 0.1) is 20.8 Å². The van der Waals surface area contributed by atoms with Gasteiger partial charge in [0.1, 0.15) is 0 Å². The molecule has 0 unspecified atom stereocenters. The summed E-state index contributed by atoms with van der Waals surface area (Å²) in [6.07, 6.45) is 0. The summed E-state index contributed by atoms with van der Waals surface area (Å²) >= 11 is 0. The summed E-state index contributed by atoms with van der Waals surface area (Å²) in [6, 6.07) is 42.5. The highest BCUT2D eigenvalue weighted by molar-refractivity contribution is 6.35. The van der Waals surface area contributed by atoms with Gasteiger partial charge in [0, 0.05) is 10.8 Å². The number of hydrogen-bond acceptors (Lipinski definition) is 2. The third-order valence-corrected chi connectivity index (χ3v) is 9.00. The Balaban J connectivity index is 1.27. The third kappa shape index (κ3) is 4.14.